The zero-order chi connectivity index (χ0) is 21.4. The molecule has 2 aromatic carbocycles. The molecule has 162 valence electrons. The fourth-order valence-electron chi connectivity index (χ4n) is 3.43. The Morgan fingerprint density at radius 2 is 1.97 bits per heavy atom. The van der Waals surface area contributed by atoms with Crippen LogP contribution in [0.2, 0.25) is 0 Å². The first-order valence-electron chi connectivity index (χ1n) is 10.3. The first-order chi connectivity index (χ1) is 14.6. The number of methoxy groups -OCH3 is 1. The molecule has 0 saturated heterocycles. The van der Waals surface area contributed by atoms with E-state index in [2.05, 4.69) is 15.6 Å². The smallest absolute Gasteiger partial charge is 0.191 e. The third kappa shape index (κ3) is 5.42. The molecule has 2 aromatic rings. The first-order valence-corrected chi connectivity index (χ1v) is 10.3. The van der Waals surface area contributed by atoms with Gasteiger partial charge >= 0.3 is 0 Å². The SMILES string of the molecule is CCNC(=NCc1ccc(OCCO)c(OC)c1)NCC1(c2ccccc2F)CC1. The van der Waals surface area contributed by atoms with E-state index >= 15 is 0 Å². The highest BCUT2D eigenvalue weighted by Crippen LogP contribution is 2.48. The summed E-state index contributed by atoms with van der Waals surface area (Å²) in [5.41, 5.74) is 1.59. The van der Waals surface area contributed by atoms with Crippen LogP contribution >= 0.6 is 0 Å². The van der Waals surface area contributed by atoms with Gasteiger partial charge in [-0.3, -0.25) is 0 Å². The second kappa shape index (κ2) is 10.3. The Kier molecular flexibility index (Phi) is 7.52. The molecule has 3 rings (SSSR count). The molecule has 7 heteroatoms. The summed E-state index contributed by atoms with van der Waals surface area (Å²) in [6.07, 6.45) is 1.93. The number of hydrogen-bond donors (Lipinski definition) is 3. The maximum Gasteiger partial charge on any atom is 0.191 e. The van der Waals surface area contributed by atoms with E-state index < -0.39 is 0 Å². The Hall–Kier alpha value is -2.80. The standard InChI is InChI=1S/C23H30FN3O3/c1-3-25-22(27-16-23(10-11-23)18-6-4-5-7-19(18)24)26-15-17-8-9-20(30-13-12-28)21(14-17)29-2/h4-9,14,28H,3,10-13,15-16H2,1-2H3,(H2,25,26,27). The van der Waals surface area contributed by atoms with E-state index in [1.54, 1.807) is 13.2 Å². The van der Waals surface area contributed by atoms with E-state index in [1.165, 1.54) is 6.07 Å². The lowest BCUT2D eigenvalue weighted by Crippen LogP contribution is -2.41. The van der Waals surface area contributed by atoms with Gasteiger partial charge in [-0.2, -0.15) is 0 Å². The van der Waals surface area contributed by atoms with Crippen LogP contribution in [0.25, 0.3) is 0 Å². The average Bonchev–Trinajstić information content (AvgIpc) is 3.55. The Bertz CT molecular complexity index is 869. The van der Waals surface area contributed by atoms with E-state index in [-0.39, 0.29) is 24.4 Å². The number of aliphatic imine (C=N–C) groups is 1. The zero-order valence-corrected chi connectivity index (χ0v) is 17.6. The van der Waals surface area contributed by atoms with Crippen LogP contribution in [0.1, 0.15) is 30.9 Å². The monoisotopic (exact) mass is 415 g/mol. The van der Waals surface area contributed by atoms with Crippen LogP contribution in [-0.4, -0.2) is 44.5 Å². The average molecular weight is 416 g/mol. The lowest BCUT2D eigenvalue weighted by atomic mass is 9.95. The Morgan fingerprint density at radius 1 is 1.17 bits per heavy atom. The summed E-state index contributed by atoms with van der Waals surface area (Å²) in [4.78, 5) is 4.66. The Labute approximate surface area is 177 Å². The maximum absolute atomic E-state index is 14.2. The number of hydrogen-bond acceptors (Lipinski definition) is 4. The molecule has 0 radical (unpaired) electrons. The van der Waals surface area contributed by atoms with Crippen LogP contribution in [0, 0.1) is 5.82 Å². The quantitative estimate of drug-likeness (QED) is 0.411. The molecule has 6 nitrogen and oxygen atoms in total. The fourth-order valence-corrected chi connectivity index (χ4v) is 3.43. The van der Waals surface area contributed by atoms with Crippen molar-refractivity contribution in [3.05, 3.63) is 59.4 Å². The van der Waals surface area contributed by atoms with Crippen molar-refractivity contribution in [3.63, 3.8) is 0 Å². The molecule has 1 aliphatic rings. The Morgan fingerprint density at radius 3 is 2.63 bits per heavy atom. The van der Waals surface area contributed by atoms with Gasteiger partial charge in [-0.15, -0.1) is 0 Å². The number of halogens is 1. The number of nitrogens with zero attached hydrogens (tertiary/aromatic N) is 1. The van der Waals surface area contributed by atoms with Gasteiger partial charge in [0.15, 0.2) is 17.5 Å². The molecule has 0 aliphatic heterocycles. The van der Waals surface area contributed by atoms with Gasteiger partial charge in [0, 0.05) is 18.5 Å². The summed E-state index contributed by atoms with van der Waals surface area (Å²) in [7, 11) is 1.58. The van der Waals surface area contributed by atoms with Gasteiger partial charge in [-0.1, -0.05) is 24.3 Å². The van der Waals surface area contributed by atoms with Crippen molar-refractivity contribution in [2.75, 3.05) is 33.4 Å². The molecule has 0 aromatic heterocycles. The molecule has 0 unspecified atom stereocenters. The van der Waals surface area contributed by atoms with Crippen molar-refractivity contribution in [1.29, 1.82) is 0 Å². The van der Waals surface area contributed by atoms with Gasteiger partial charge in [-0.25, -0.2) is 9.38 Å². The minimum atomic E-state index is -0.156. The van der Waals surface area contributed by atoms with Crippen LogP contribution in [0.4, 0.5) is 4.39 Å². The molecule has 0 atom stereocenters. The highest BCUT2D eigenvalue weighted by atomic mass is 19.1. The van der Waals surface area contributed by atoms with Crippen molar-refractivity contribution in [2.24, 2.45) is 4.99 Å². The van der Waals surface area contributed by atoms with Gasteiger partial charge in [0.1, 0.15) is 12.4 Å². The number of aliphatic hydroxyl groups excluding tert-OH is 1. The second-order valence-corrected chi connectivity index (χ2v) is 7.37. The van der Waals surface area contributed by atoms with Crippen LogP contribution in [-0.2, 0) is 12.0 Å². The first kappa shape index (κ1) is 21.9. The summed E-state index contributed by atoms with van der Waals surface area (Å²) in [6.45, 7) is 4.00. The van der Waals surface area contributed by atoms with Gasteiger partial charge in [0.25, 0.3) is 0 Å². The lowest BCUT2D eigenvalue weighted by molar-refractivity contribution is 0.196. The van der Waals surface area contributed by atoms with E-state index in [4.69, 9.17) is 14.6 Å². The molecule has 0 spiro atoms. The van der Waals surface area contributed by atoms with Crippen molar-refractivity contribution in [1.82, 2.24) is 10.6 Å². The summed E-state index contributed by atoms with van der Waals surface area (Å²) in [6, 6.07) is 12.6. The number of rotatable bonds is 10. The molecule has 1 saturated carbocycles. The highest BCUT2D eigenvalue weighted by Gasteiger charge is 2.45. The van der Waals surface area contributed by atoms with Gasteiger partial charge < -0.3 is 25.2 Å². The predicted molar refractivity (Wildman–Crippen MR) is 116 cm³/mol. The summed E-state index contributed by atoms with van der Waals surface area (Å²) in [5, 5.41) is 15.5. The highest BCUT2D eigenvalue weighted by molar-refractivity contribution is 5.80. The minimum Gasteiger partial charge on any atom is -0.493 e. The summed E-state index contributed by atoms with van der Waals surface area (Å²) in [5.74, 6) is 1.74. The maximum atomic E-state index is 14.2. The van der Waals surface area contributed by atoms with Gasteiger partial charge in [0.05, 0.1) is 20.3 Å². The molecule has 0 heterocycles. The third-order valence-corrected chi connectivity index (χ3v) is 5.23. The largest absolute Gasteiger partial charge is 0.493 e. The van der Waals surface area contributed by atoms with Crippen molar-refractivity contribution >= 4 is 5.96 Å². The lowest BCUT2D eigenvalue weighted by Gasteiger charge is -2.19. The molecule has 1 fully saturated rings. The van der Waals surface area contributed by atoms with Crippen LogP contribution < -0.4 is 20.1 Å². The van der Waals surface area contributed by atoms with E-state index in [0.717, 1.165) is 30.5 Å². The fraction of sp³-hybridized carbons (Fsp3) is 0.435. The summed E-state index contributed by atoms with van der Waals surface area (Å²) >= 11 is 0. The van der Waals surface area contributed by atoms with Crippen LogP contribution in [0.5, 0.6) is 11.5 Å². The van der Waals surface area contributed by atoms with E-state index in [9.17, 15) is 4.39 Å². The molecular formula is C23H30FN3O3. The predicted octanol–water partition coefficient (Wildman–Crippen LogP) is 2.99. The third-order valence-electron chi connectivity index (χ3n) is 5.23. The molecule has 3 N–H and O–H groups in total. The number of benzene rings is 2. The molecule has 0 bridgehead atoms. The van der Waals surface area contributed by atoms with Crippen molar-refractivity contribution in [2.45, 2.75) is 31.7 Å². The number of guanidine groups is 1. The zero-order valence-electron chi connectivity index (χ0n) is 17.6. The minimum absolute atomic E-state index is 0.0543. The van der Waals surface area contributed by atoms with E-state index in [1.807, 2.05) is 37.3 Å². The Balaban J connectivity index is 1.66. The summed E-state index contributed by atoms with van der Waals surface area (Å²) < 4.78 is 25.1. The second-order valence-electron chi connectivity index (χ2n) is 7.37. The number of aliphatic hydroxyl groups is 1. The topological polar surface area (TPSA) is 75.1 Å². The van der Waals surface area contributed by atoms with Crippen LogP contribution in [0.15, 0.2) is 47.5 Å². The molecule has 30 heavy (non-hydrogen) atoms. The number of ether oxygens (including phenoxy) is 2. The van der Waals surface area contributed by atoms with Crippen molar-refractivity contribution < 1.29 is 19.0 Å². The van der Waals surface area contributed by atoms with Gasteiger partial charge in [-0.05, 0) is 49.1 Å². The number of nitrogens with one attached hydrogen (secondary N) is 2. The van der Waals surface area contributed by atoms with Gasteiger partial charge in [0.2, 0.25) is 0 Å². The molecular weight excluding hydrogens is 385 g/mol. The van der Waals surface area contributed by atoms with Crippen molar-refractivity contribution in [3.8, 4) is 11.5 Å². The normalized spacial score (nSPS) is 14.9. The van der Waals surface area contributed by atoms with E-state index in [0.29, 0.717) is 30.5 Å². The molecule has 1 aliphatic carbocycles. The molecule has 0 amide bonds. The van der Waals surface area contributed by atoms with Crippen LogP contribution in [0.3, 0.4) is 0 Å².